The Morgan fingerprint density at radius 2 is 1.88 bits per heavy atom. The van der Waals surface area contributed by atoms with Crippen LogP contribution in [0.4, 0.5) is 0 Å². The van der Waals surface area contributed by atoms with Crippen molar-refractivity contribution in [3.63, 3.8) is 0 Å². The van der Waals surface area contributed by atoms with Crippen LogP contribution in [0.2, 0.25) is 0 Å². The van der Waals surface area contributed by atoms with Crippen LogP contribution < -0.4 is 0 Å². The summed E-state index contributed by atoms with van der Waals surface area (Å²) in [5.74, 6) is -0.682. The first-order valence-corrected chi connectivity index (χ1v) is 8.77. The van der Waals surface area contributed by atoms with Crippen LogP contribution >= 0.6 is 0 Å². The van der Waals surface area contributed by atoms with Crippen molar-refractivity contribution in [1.82, 2.24) is 0 Å². The molecule has 1 saturated carbocycles. The van der Waals surface area contributed by atoms with Gasteiger partial charge < -0.3 is 20.1 Å². The summed E-state index contributed by atoms with van der Waals surface area (Å²) in [4.78, 5) is 12.8. The normalized spacial score (nSPS) is 36.8. The number of phenolic OH excluding ortho intramolecular Hbond substituents is 2. The van der Waals surface area contributed by atoms with Gasteiger partial charge in [0.25, 0.3) is 0 Å². The zero-order valence-electron chi connectivity index (χ0n) is 15.0. The van der Waals surface area contributed by atoms with E-state index >= 15 is 0 Å². The van der Waals surface area contributed by atoms with Crippen LogP contribution in [-0.2, 0) is 16.6 Å². The van der Waals surface area contributed by atoms with Gasteiger partial charge in [-0.25, -0.2) is 0 Å². The monoisotopic (exact) mass is 344 g/mol. The topological polar surface area (TPSA) is 90.3 Å². The Balaban J connectivity index is 1.93. The van der Waals surface area contributed by atoms with Gasteiger partial charge in [0.15, 0.2) is 17.3 Å². The van der Waals surface area contributed by atoms with E-state index in [2.05, 4.69) is 6.92 Å². The van der Waals surface area contributed by atoms with Crippen LogP contribution in [0.3, 0.4) is 0 Å². The molecule has 1 aliphatic heterocycles. The highest BCUT2D eigenvalue weighted by Gasteiger charge is 2.71. The molecule has 5 heteroatoms. The molecule has 1 heterocycles. The number of carbonyl (C=O) groups excluding carboxylic acids is 1. The lowest BCUT2D eigenvalue weighted by Crippen LogP contribution is -2.44. The molecule has 1 aromatic carbocycles. The second-order valence-electron chi connectivity index (χ2n) is 8.33. The van der Waals surface area contributed by atoms with E-state index in [1.54, 1.807) is 19.1 Å². The van der Waals surface area contributed by atoms with Gasteiger partial charge in [-0.3, -0.25) is 4.79 Å². The van der Waals surface area contributed by atoms with Gasteiger partial charge in [-0.1, -0.05) is 6.92 Å². The Morgan fingerprint density at radius 3 is 2.52 bits per heavy atom. The second kappa shape index (κ2) is 4.65. The second-order valence-corrected chi connectivity index (χ2v) is 8.33. The molecule has 2 fully saturated rings. The number of aliphatic hydroxyl groups is 1. The Kier molecular flexibility index (Phi) is 3.09. The van der Waals surface area contributed by atoms with Crippen LogP contribution in [0.1, 0.15) is 62.0 Å². The third kappa shape index (κ3) is 1.94. The molecule has 0 spiro atoms. The lowest BCUT2D eigenvalue weighted by Gasteiger charge is -2.43. The number of fused-ring (bicyclic) bond motifs is 5. The predicted octanol–water partition coefficient (Wildman–Crippen LogP) is 2.74. The van der Waals surface area contributed by atoms with Crippen molar-refractivity contribution in [2.45, 2.75) is 69.7 Å². The van der Waals surface area contributed by atoms with Crippen molar-refractivity contribution in [3.8, 4) is 11.5 Å². The molecule has 0 amide bonds. The van der Waals surface area contributed by atoms with Crippen LogP contribution in [-0.4, -0.2) is 38.4 Å². The number of allylic oxidation sites excluding steroid dienone is 1. The van der Waals surface area contributed by atoms with E-state index in [4.69, 9.17) is 4.74 Å². The van der Waals surface area contributed by atoms with Crippen molar-refractivity contribution in [2.24, 2.45) is 0 Å². The minimum absolute atomic E-state index is 0.173. The van der Waals surface area contributed by atoms with E-state index in [1.165, 1.54) is 0 Å². The summed E-state index contributed by atoms with van der Waals surface area (Å²) < 4.78 is 6.00. The average Bonchev–Trinajstić information content (AvgIpc) is 3.09. The van der Waals surface area contributed by atoms with E-state index in [0.717, 1.165) is 18.4 Å². The van der Waals surface area contributed by atoms with Gasteiger partial charge in [0.1, 0.15) is 5.60 Å². The third-order valence-electron chi connectivity index (χ3n) is 6.57. The molecule has 5 nitrogen and oxygen atoms in total. The van der Waals surface area contributed by atoms with Gasteiger partial charge >= 0.3 is 0 Å². The molecule has 4 atom stereocenters. The number of phenols is 2. The fourth-order valence-electron chi connectivity index (χ4n) is 4.91. The molecular formula is C20H24O5. The molecule has 4 rings (SSSR count). The molecule has 2 aliphatic carbocycles. The van der Waals surface area contributed by atoms with Crippen LogP contribution in [0.15, 0.2) is 17.7 Å². The number of hydrogen-bond acceptors (Lipinski definition) is 5. The summed E-state index contributed by atoms with van der Waals surface area (Å²) in [6.07, 6.45) is 2.69. The molecule has 0 radical (unpaired) electrons. The number of epoxide rings is 1. The zero-order chi connectivity index (χ0) is 18.4. The Bertz CT molecular complexity index is 839. The van der Waals surface area contributed by atoms with Gasteiger partial charge in [0.2, 0.25) is 0 Å². The minimum Gasteiger partial charge on any atom is -0.504 e. The van der Waals surface area contributed by atoms with E-state index in [1.807, 2.05) is 13.8 Å². The van der Waals surface area contributed by atoms with Gasteiger partial charge in [-0.15, -0.1) is 0 Å². The van der Waals surface area contributed by atoms with Gasteiger partial charge in [0, 0.05) is 28.5 Å². The summed E-state index contributed by atoms with van der Waals surface area (Å²) >= 11 is 0. The molecule has 0 bridgehead atoms. The molecule has 3 aliphatic rings. The van der Waals surface area contributed by atoms with Crippen molar-refractivity contribution in [2.75, 3.05) is 0 Å². The maximum atomic E-state index is 12.8. The molecule has 1 saturated heterocycles. The summed E-state index contributed by atoms with van der Waals surface area (Å²) in [7, 11) is 0. The smallest absolute Gasteiger partial charge is 0.186 e. The average molecular weight is 344 g/mol. The van der Waals surface area contributed by atoms with Crippen LogP contribution in [0.5, 0.6) is 11.5 Å². The molecular weight excluding hydrogens is 320 g/mol. The van der Waals surface area contributed by atoms with Gasteiger partial charge in [0.05, 0.1) is 11.7 Å². The lowest BCUT2D eigenvalue weighted by molar-refractivity contribution is 0.103. The highest BCUT2D eigenvalue weighted by atomic mass is 16.6. The van der Waals surface area contributed by atoms with Crippen molar-refractivity contribution >= 4 is 5.78 Å². The standard InChI is InChI=1S/C20H24O5/c1-10(21)7-11-8-12-13(22)9-14-18(2,15(12)17(24)16(11)23)5-6-19(3)20(14,4)25-19/h8-10,21,23-24H,5-7H2,1-4H3/t10-,18+,19-,20+/m1/s1. The zero-order valence-corrected chi connectivity index (χ0v) is 15.0. The largest absolute Gasteiger partial charge is 0.504 e. The van der Waals surface area contributed by atoms with E-state index < -0.39 is 17.1 Å². The van der Waals surface area contributed by atoms with Crippen molar-refractivity contribution in [3.05, 3.63) is 34.4 Å². The van der Waals surface area contributed by atoms with Crippen LogP contribution in [0.25, 0.3) is 0 Å². The molecule has 3 N–H and O–H groups in total. The first-order chi connectivity index (χ1) is 11.5. The number of hydrogen-bond donors (Lipinski definition) is 3. The number of rotatable bonds is 2. The quantitative estimate of drug-likeness (QED) is 0.567. The highest BCUT2D eigenvalue weighted by Crippen LogP contribution is 2.67. The minimum atomic E-state index is -0.683. The summed E-state index contributed by atoms with van der Waals surface area (Å²) in [5.41, 5.74) is 0.830. The number of benzene rings is 1. The summed E-state index contributed by atoms with van der Waals surface area (Å²) in [6, 6.07) is 1.61. The summed E-state index contributed by atoms with van der Waals surface area (Å²) in [6.45, 7) is 7.65. The molecule has 0 aromatic heterocycles. The van der Waals surface area contributed by atoms with Crippen LogP contribution in [0, 0.1) is 0 Å². The number of ketones is 1. The SMILES string of the molecule is C[C@@H](O)Cc1cc2c(c(O)c1O)[C@@]1(C)CC[C@@]3(C)O[C@@]3(C)C1=CC2=O. The first-order valence-electron chi connectivity index (χ1n) is 8.77. The number of carbonyl (C=O) groups is 1. The number of aliphatic hydroxyl groups excluding tert-OH is 1. The predicted molar refractivity (Wildman–Crippen MR) is 92.1 cm³/mol. The third-order valence-corrected chi connectivity index (χ3v) is 6.57. The van der Waals surface area contributed by atoms with Gasteiger partial charge in [-0.2, -0.15) is 0 Å². The first kappa shape index (κ1) is 16.6. The van der Waals surface area contributed by atoms with E-state index in [0.29, 0.717) is 16.7 Å². The van der Waals surface area contributed by atoms with Gasteiger partial charge in [-0.05, 0) is 51.3 Å². The maximum absolute atomic E-state index is 12.8. The molecule has 134 valence electrons. The molecule has 1 aromatic rings. The lowest BCUT2D eigenvalue weighted by atomic mass is 9.57. The van der Waals surface area contributed by atoms with Crippen molar-refractivity contribution in [1.29, 1.82) is 0 Å². The summed E-state index contributed by atoms with van der Waals surface area (Å²) in [5, 5.41) is 30.8. The fourth-order valence-corrected chi connectivity index (χ4v) is 4.91. The number of aromatic hydroxyl groups is 2. The Hall–Kier alpha value is -1.85. The Labute approximate surface area is 146 Å². The molecule has 25 heavy (non-hydrogen) atoms. The Morgan fingerprint density at radius 1 is 1.20 bits per heavy atom. The van der Waals surface area contributed by atoms with E-state index in [-0.39, 0.29) is 29.3 Å². The maximum Gasteiger partial charge on any atom is 0.186 e. The molecule has 0 unspecified atom stereocenters. The van der Waals surface area contributed by atoms with Crippen molar-refractivity contribution < 1.29 is 24.9 Å². The van der Waals surface area contributed by atoms with E-state index in [9.17, 15) is 20.1 Å². The highest BCUT2D eigenvalue weighted by molar-refractivity contribution is 6.09. The number of ether oxygens (including phenoxy) is 1. The fraction of sp³-hybridized carbons (Fsp3) is 0.550.